The van der Waals surface area contributed by atoms with Crippen LogP contribution in [-0.2, 0) is 0 Å². The first-order valence-corrected chi connectivity index (χ1v) is 14.8. The number of hydrogen-bond acceptors (Lipinski definition) is 5. The van der Waals surface area contributed by atoms with E-state index in [1.807, 2.05) is 36.0 Å². The molecule has 1 saturated carbocycles. The number of methoxy groups -OCH3 is 1. The lowest BCUT2D eigenvalue weighted by molar-refractivity contribution is 0.391. The Morgan fingerprint density at radius 2 is 1.36 bits per heavy atom. The third-order valence-electron chi connectivity index (χ3n) is 6.12. The van der Waals surface area contributed by atoms with Crippen molar-refractivity contribution in [1.82, 2.24) is 0 Å². The van der Waals surface area contributed by atoms with Crippen molar-refractivity contribution in [2.75, 3.05) is 12.9 Å². The number of aliphatic imine (C=N–C) groups is 1. The molecule has 2 nitrogen and oxygen atoms in total. The van der Waals surface area contributed by atoms with Crippen LogP contribution in [0, 0.1) is 17.6 Å². The molecule has 0 saturated heterocycles. The van der Waals surface area contributed by atoms with Gasteiger partial charge in [0.2, 0.25) is 0 Å². The van der Waals surface area contributed by atoms with E-state index in [9.17, 15) is 8.78 Å². The van der Waals surface area contributed by atoms with E-state index in [0.717, 1.165) is 32.0 Å². The maximum absolute atomic E-state index is 13.7. The predicted octanol–water partition coefficient (Wildman–Crippen LogP) is 9.62. The highest BCUT2D eigenvalue weighted by molar-refractivity contribution is 8.25. The topological polar surface area (TPSA) is 21.6 Å². The first-order chi connectivity index (χ1) is 17.4. The standard InChI is InChI=1S/C29H31F2NOS3/c1-29(35-26-16-8-22(30)9-17-26,36-27-18-10-23(31)11-19-27)28(34-20-21-6-4-3-5-7-21)32-24-12-14-25(33-2)15-13-24/h8-19,21H,3-7,20H2,1-2H3. The van der Waals surface area contributed by atoms with Crippen molar-refractivity contribution in [3.63, 3.8) is 0 Å². The summed E-state index contributed by atoms with van der Waals surface area (Å²) in [5.74, 6) is 1.96. The number of hydrogen-bond donors (Lipinski definition) is 0. The van der Waals surface area contributed by atoms with Gasteiger partial charge in [0.05, 0.1) is 12.8 Å². The van der Waals surface area contributed by atoms with Crippen molar-refractivity contribution < 1.29 is 13.5 Å². The molecule has 1 aliphatic carbocycles. The summed E-state index contributed by atoms with van der Waals surface area (Å²) in [6.45, 7) is 2.16. The summed E-state index contributed by atoms with van der Waals surface area (Å²) in [5.41, 5.74) is 0.854. The van der Waals surface area contributed by atoms with Crippen molar-refractivity contribution in [3.8, 4) is 5.75 Å². The fourth-order valence-corrected chi connectivity index (χ4v) is 8.37. The molecule has 0 aliphatic heterocycles. The summed E-state index contributed by atoms with van der Waals surface area (Å²) in [7, 11) is 1.65. The molecule has 4 rings (SSSR count). The first kappa shape index (κ1) is 27.1. The number of benzene rings is 3. The predicted molar refractivity (Wildman–Crippen MR) is 152 cm³/mol. The van der Waals surface area contributed by atoms with E-state index in [-0.39, 0.29) is 11.6 Å². The van der Waals surface area contributed by atoms with Crippen molar-refractivity contribution in [1.29, 1.82) is 0 Å². The molecule has 0 atom stereocenters. The lowest BCUT2D eigenvalue weighted by Gasteiger charge is -2.31. The van der Waals surface area contributed by atoms with Gasteiger partial charge in [-0.15, -0.1) is 35.3 Å². The van der Waals surface area contributed by atoms with Crippen LogP contribution in [0.3, 0.4) is 0 Å². The van der Waals surface area contributed by atoms with E-state index in [1.165, 1.54) is 56.4 Å². The minimum absolute atomic E-state index is 0.258. The normalized spacial score (nSPS) is 15.2. The lowest BCUT2D eigenvalue weighted by atomic mass is 9.91. The SMILES string of the molecule is COc1ccc(N=C(SCC2CCCCC2)C(C)(Sc2ccc(F)cc2)Sc2ccc(F)cc2)cc1. The van der Waals surface area contributed by atoms with Gasteiger partial charge in [0.15, 0.2) is 0 Å². The van der Waals surface area contributed by atoms with Gasteiger partial charge in [-0.3, -0.25) is 0 Å². The maximum atomic E-state index is 13.7. The zero-order valence-corrected chi connectivity index (χ0v) is 23.0. The summed E-state index contributed by atoms with van der Waals surface area (Å²) in [5, 5.41) is 0.988. The van der Waals surface area contributed by atoms with Crippen LogP contribution in [0.15, 0.2) is 87.6 Å². The summed E-state index contributed by atoms with van der Waals surface area (Å²) in [6.07, 6.45) is 6.43. The van der Waals surface area contributed by atoms with E-state index in [1.54, 1.807) is 54.9 Å². The molecule has 190 valence electrons. The Morgan fingerprint density at radius 1 is 0.833 bits per heavy atom. The number of nitrogens with zero attached hydrogens (tertiary/aromatic N) is 1. The van der Waals surface area contributed by atoms with Gasteiger partial charge in [0.1, 0.15) is 26.5 Å². The highest BCUT2D eigenvalue weighted by Crippen LogP contribution is 2.50. The number of rotatable bonds is 9. The van der Waals surface area contributed by atoms with Crippen LogP contribution in [0.2, 0.25) is 0 Å². The van der Waals surface area contributed by atoms with E-state index < -0.39 is 4.08 Å². The average Bonchev–Trinajstić information content (AvgIpc) is 2.90. The Morgan fingerprint density at radius 3 is 1.86 bits per heavy atom. The summed E-state index contributed by atoms with van der Waals surface area (Å²) < 4.78 is 32.1. The molecule has 3 aromatic carbocycles. The summed E-state index contributed by atoms with van der Waals surface area (Å²) >= 11 is 5.11. The average molecular weight is 544 g/mol. The van der Waals surface area contributed by atoms with Crippen LogP contribution in [0.4, 0.5) is 14.5 Å². The monoisotopic (exact) mass is 543 g/mol. The maximum Gasteiger partial charge on any atom is 0.123 e. The van der Waals surface area contributed by atoms with Gasteiger partial charge >= 0.3 is 0 Å². The van der Waals surface area contributed by atoms with Crippen LogP contribution < -0.4 is 4.74 Å². The molecule has 0 unspecified atom stereocenters. The van der Waals surface area contributed by atoms with E-state index in [0.29, 0.717) is 5.92 Å². The first-order valence-electron chi connectivity index (χ1n) is 12.2. The number of ether oxygens (including phenoxy) is 1. The fraction of sp³-hybridized carbons (Fsp3) is 0.345. The molecule has 0 radical (unpaired) electrons. The van der Waals surface area contributed by atoms with Crippen LogP contribution >= 0.6 is 35.3 Å². The van der Waals surface area contributed by atoms with Gasteiger partial charge in [0, 0.05) is 15.5 Å². The van der Waals surface area contributed by atoms with Crippen molar-refractivity contribution in [2.45, 2.75) is 52.9 Å². The number of halogens is 2. The van der Waals surface area contributed by atoms with Gasteiger partial charge in [-0.2, -0.15) is 0 Å². The van der Waals surface area contributed by atoms with Gasteiger partial charge in [-0.05, 0) is 98.5 Å². The minimum Gasteiger partial charge on any atom is -0.497 e. The molecule has 0 N–H and O–H groups in total. The second kappa shape index (κ2) is 13.0. The van der Waals surface area contributed by atoms with Gasteiger partial charge in [-0.1, -0.05) is 19.3 Å². The van der Waals surface area contributed by atoms with Gasteiger partial charge < -0.3 is 4.74 Å². The Labute approximate surface area is 225 Å². The van der Waals surface area contributed by atoms with E-state index >= 15 is 0 Å². The fourth-order valence-electron chi connectivity index (χ4n) is 4.15. The zero-order chi connectivity index (χ0) is 25.4. The smallest absolute Gasteiger partial charge is 0.123 e. The molecule has 3 aromatic rings. The highest BCUT2D eigenvalue weighted by atomic mass is 32.2. The minimum atomic E-state index is -0.519. The van der Waals surface area contributed by atoms with Gasteiger partial charge in [0.25, 0.3) is 0 Å². The van der Waals surface area contributed by atoms with Crippen LogP contribution in [0.5, 0.6) is 5.75 Å². The molecule has 36 heavy (non-hydrogen) atoms. The quantitative estimate of drug-likeness (QED) is 0.116. The van der Waals surface area contributed by atoms with Crippen LogP contribution in [0.1, 0.15) is 39.0 Å². The highest BCUT2D eigenvalue weighted by Gasteiger charge is 2.35. The van der Waals surface area contributed by atoms with Crippen LogP contribution in [0.25, 0.3) is 0 Å². The summed E-state index contributed by atoms with van der Waals surface area (Å²) in [4.78, 5) is 7.06. The molecule has 7 heteroatoms. The molecular weight excluding hydrogens is 513 g/mol. The Bertz CT molecular complexity index is 1080. The third-order valence-corrected chi connectivity index (χ3v) is 10.5. The Kier molecular flexibility index (Phi) is 9.80. The lowest BCUT2D eigenvalue weighted by Crippen LogP contribution is -2.27. The van der Waals surface area contributed by atoms with E-state index in [2.05, 4.69) is 6.92 Å². The van der Waals surface area contributed by atoms with Crippen LogP contribution in [-0.4, -0.2) is 22.0 Å². The largest absolute Gasteiger partial charge is 0.497 e. The number of thioether (sulfide) groups is 3. The molecule has 0 aromatic heterocycles. The van der Waals surface area contributed by atoms with Gasteiger partial charge in [-0.25, -0.2) is 13.8 Å². The Balaban J connectivity index is 1.70. The molecule has 0 spiro atoms. The molecule has 0 heterocycles. The molecule has 0 amide bonds. The second-order valence-corrected chi connectivity index (χ2v) is 13.2. The Hall–Kier alpha value is -1.96. The van der Waals surface area contributed by atoms with Crippen molar-refractivity contribution in [3.05, 3.63) is 84.4 Å². The molecule has 1 aliphatic rings. The zero-order valence-electron chi connectivity index (χ0n) is 20.6. The second-order valence-electron chi connectivity index (χ2n) is 8.99. The summed E-state index contributed by atoms with van der Waals surface area (Å²) in [6, 6.07) is 20.9. The van der Waals surface area contributed by atoms with E-state index in [4.69, 9.17) is 9.73 Å². The van der Waals surface area contributed by atoms with Crippen molar-refractivity contribution >= 4 is 46.0 Å². The van der Waals surface area contributed by atoms with Crippen molar-refractivity contribution in [2.24, 2.45) is 10.9 Å². The molecular formula is C29H31F2NOS3. The molecule has 1 fully saturated rings. The molecule has 0 bridgehead atoms. The third kappa shape index (κ3) is 7.77.